The molecule has 1 aromatic heterocycles. The molecular weight excluding hydrogens is 292 g/mol. The zero-order valence-corrected chi connectivity index (χ0v) is 12.0. The second kappa shape index (κ2) is 5.98. The molecule has 0 unspecified atom stereocenters. The van der Waals surface area contributed by atoms with Gasteiger partial charge in [-0.1, -0.05) is 18.2 Å². The number of ether oxygens (including phenoxy) is 1. The van der Waals surface area contributed by atoms with E-state index < -0.39 is 0 Å². The topological polar surface area (TPSA) is 34.1 Å². The number of nitrogens with zero attached hydrogens (tertiary/aromatic N) is 1. The summed E-state index contributed by atoms with van der Waals surface area (Å²) >= 11 is 3.47. The van der Waals surface area contributed by atoms with Gasteiger partial charge in [0.15, 0.2) is 0 Å². The highest BCUT2D eigenvalue weighted by atomic mass is 79.9. The molecule has 0 aliphatic rings. The van der Waals surface area contributed by atoms with E-state index in [9.17, 15) is 0 Å². The third-order valence-electron chi connectivity index (χ3n) is 2.49. The van der Waals surface area contributed by atoms with Crippen molar-refractivity contribution in [2.75, 3.05) is 7.05 Å². The minimum Gasteiger partial charge on any atom is -0.438 e. The molecule has 0 saturated heterocycles. The van der Waals surface area contributed by atoms with Crippen molar-refractivity contribution in [3.05, 3.63) is 52.1 Å². The first-order valence-corrected chi connectivity index (χ1v) is 6.52. The molecule has 4 heteroatoms. The molecule has 0 aliphatic carbocycles. The minimum absolute atomic E-state index is 0.587. The number of rotatable bonds is 4. The van der Waals surface area contributed by atoms with Crippen molar-refractivity contribution in [1.82, 2.24) is 10.3 Å². The van der Waals surface area contributed by atoms with Crippen LogP contribution in [0.2, 0.25) is 0 Å². The van der Waals surface area contributed by atoms with Crippen LogP contribution in [0.1, 0.15) is 11.1 Å². The Bertz CT molecular complexity index is 543. The molecule has 0 bridgehead atoms. The molecule has 1 aromatic carbocycles. The smallest absolute Gasteiger partial charge is 0.233 e. The second-order valence-corrected chi connectivity index (χ2v) is 4.89. The van der Waals surface area contributed by atoms with Gasteiger partial charge in [0, 0.05) is 18.3 Å². The van der Waals surface area contributed by atoms with E-state index in [-0.39, 0.29) is 0 Å². The number of para-hydroxylation sites is 1. The first-order valence-electron chi connectivity index (χ1n) is 5.73. The van der Waals surface area contributed by atoms with Crippen molar-refractivity contribution in [1.29, 1.82) is 0 Å². The molecular formula is C14H15BrN2O. The lowest BCUT2D eigenvalue weighted by Crippen LogP contribution is -2.06. The number of aryl methyl sites for hydroxylation is 1. The van der Waals surface area contributed by atoms with Crippen LogP contribution in [0.3, 0.4) is 0 Å². The third kappa shape index (κ3) is 3.09. The Morgan fingerprint density at radius 1 is 1.33 bits per heavy atom. The van der Waals surface area contributed by atoms with Gasteiger partial charge in [-0.3, -0.25) is 0 Å². The van der Waals surface area contributed by atoms with Crippen LogP contribution in [0.5, 0.6) is 11.6 Å². The van der Waals surface area contributed by atoms with E-state index in [0.717, 1.165) is 27.9 Å². The number of halogens is 1. The van der Waals surface area contributed by atoms with Gasteiger partial charge in [0.25, 0.3) is 0 Å². The average Bonchev–Trinajstić information content (AvgIpc) is 2.35. The lowest BCUT2D eigenvalue weighted by atomic mass is 10.2. The summed E-state index contributed by atoms with van der Waals surface area (Å²) in [4.78, 5) is 4.28. The number of nitrogens with one attached hydrogen (secondary N) is 1. The second-order valence-electron chi connectivity index (χ2n) is 4.04. The first kappa shape index (κ1) is 13.1. The van der Waals surface area contributed by atoms with E-state index in [2.05, 4.69) is 26.2 Å². The van der Waals surface area contributed by atoms with Gasteiger partial charge in [-0.2, -0.15) is 0 Å². The quantitative estimate of drug-likeness (QED) is 0.936. The Balaban J connectivity index is 2.28. The fourth-order valence-corrected chi connectivity index (χ4v) is 2.18. The molecule has 1 heterocycles. The predicted octanol–water partition coefficient (Wildman–Crippen LogP) is 3.66. The van der Waals surface area contributed by atoms with E-state index in [1.807, 2.05) is 44.3 Å². The summed E-state index contributed by atoms with van der Waals surface area (Å²) in [5.41, 5.74) is 2.20. The van der Waals surface area contributed by atoms with Gasteiger partial charge < -0.3 is 10.1 Å². The minimum atomic E-state index is 0.587. The van der Waals surface area contributed by atoms with Crippen LogP contribution in [-0.4, -0.2) is 12.0 Å². The van der Waals surface area contributed by atoms with Crippen LogP contribution in [-0.2, 0) is 6.54 Å². The summed E-state index contributed by atoms with van der Waals surface area (Å²) in [6.07, 6.45) is 1.79. The normalized spacial score (nSPS) is 10.4. The summed E-state index contributed by atoms with van der Waals surface area (Å²) in [6.45, 7) is 2.76. The molecule has 0 aliphatic heterocycles. The molecule has 0 saturated carbocycles. The molecule has 3 nitrogen and oxygen atoms in total. The maximum atomic E-state index is 5.85. The molecule has 0 radical (unpaired) electrons. The highest BCUT2D eigenvalue weighted by molar-refractivity contribution is 9.10. The van der Waals surface area contributed by atoms with E-state index in [4.69, 9.17) is 4.74 Å². The van der Waals surface area contributed by atoms with Gasteiger partial charge in [-0.25, -0.2) is 4.98 Å². The van der Waals surface area contributed by atoms with E-state index in [0.29, 0.717) is 5.88 Å². The summed E-state index contributed by atoms with van der Waals surface area (Å²) in [7, 11) is 1.91. The number of aromatic nitrogens is 1. The van der Waals surface area contributed by atoms with Crippen LogP contribution in [0.15, 0.2) is 41.0 Å². The molecule has 0 atom stereocenters. The van der Waals surface area contributed by atoms with Crippen LogP contribution >= 0.6 is 15.9 Å². The van der Waals surface area contributed by atoms with E-state index in [1.54, 1.807) is 6.20 Å². The molecule has 2 rings (SSSR count). The average molecular weight is 307 g/mol. The summed E-state index contributed by atoms with van der Waals surface area (Å²) in [6, 6.07) is 9.92. The van der Waals surface area contributed by atoms with Crippen molar-refractivity contribution in [2.24, 2.45) is 0 Å². The summed E-state index contributed by atoms with van der Waals surface area (Å²) < 4.78 is 6.71. The van der Waals surface area contributed by atoms with E-state index in [1.165, 1.54) is 0 Å². The summed E-state index contributed by atoms with van der Waals surface area (Å²) in [5, 5.41) is 3.12. The molecule has 0 spiro atoms. The standard InChI is InChI=1S/C14H15BrN2O/c1-10-7-12(15)14(17-8-10)18-13-6-4-3-5-11(13)9-16-2/h3-8,16H,9H2,1-2H3. The molecule has 94 valence electrons. The van der Waals surface area contributed by atoms with E-state index >= 15 is 0 Å². The molecule has 18 heavy (non-hydrogen) atoms. The zero-order chi connectivity index (χ0) is 13.0. The zero-order valence-electron chi connectivity index (χ0n) is 10.4. The van der Waals surface area contributed by atoms with Crippen LogP contribution < -0.4 is 10.1 Å². The van der Waals surface area contributed by atoms with Gasteiger partial charge in [0.1, 0.15) is 5.75 Å². The Kier molecular flexibility index (Phi) is 4.33. The Labute approximate surface area is 115 Å². The van der Waals surface area contributed by atoms with Crippen molar-refractivity contribution in [2.45, 2.75) is 13.5 Å². The fraction of sp³-hybridized carbons (Fsp3) is 0.214. The predicted molar refractivity (Wildman–Crippen MR) is 76.0 cm³/mol. The van der Waals surface area contributed by atoms with Crippen molar-refractivity contribution >= 4 is 15.9 Å². The van der Waals surface area contributed by atoms with Gasteiger partial charge in [0.05, 0.1) is 4.47 Å². The van der Waals surface area contributed by atoms with Crippen LogP contribution in [0, 0.1) is 6.92 Å². The highest BCUT2D eigenvalue weighted by Gasteiger charge is 2.07. The molecule has 0 amide bonds. The van der Waals surface area contributed by atoms with Crippen molar-refractivity contribution in [3.8, 4) is 11.6 Å². The first-order chi connectivity index (χ1) is 8.70. The maximum Gasteiger partial charge on any atom is 0.233 e. The van der Waals surface area contributed by atoms with Crippen LogP contribution in [0.25, 0.3) is 0 Å². The summed E-state index contributed by atoms with van der Waals surface area (Å²) in [5.74, 6) is 1.41. The fourth-order valence-electron chi connectivity index (χ4n) is 1.64. The van der Waals surface area contributed by atoms with Crippen LogP contribution in [0.4, 0.5) is 0 Å². The third-order valence-corrected chi connectivity index (χ3v) is 3.06. The number of hydrogen-bond donors (Lipinski definition) is 1. The highest BCUT2D eigenvalue weighted by Crippen LogP contribution is 2.29. The number of hydrogen-bond acceptors (Lipinski definition) is 3. The lowest BCUT2D eigenvalue weighted by molar-refractivity contribution is 0.452. The Morgan fingerprint density at radius 2 is 2.11 bits per heavy atom. The monoisotopic (exact) mass is 306 g/mol. The van der Waals surface area contributed by atoms with Gasteiger partial charge in [-0.15, -0.1) is 0 Å². The number of pyridine rings is 1. The number of benzene rings is 1. The largest absolute Gasteiger partial charge is 0.438 e. The van der Waals surface area contributed by atoms with Crippen molar-refractivity contribution in [3.63, 3.8) is 0 Å². The maximum absolute atomic E-state index is 5.85. The van der Waals surface area contributed by atoms with Crippen molar-refractivity contribution < 1.29 is 4.74 Å². The molecule has 1 N–H and O–H groups in total. The molecule has 2 aromatic rings. The lowest BCUT2D eigenvalue weighted by Gasteiger charge is -2.11. The molecule has 0 fully saturated rings. The Hall–Kier alpha value is -1.39. The van der Waals surface area contributed by atoms with Gasteiger partial charge in [-0.05, 0) is 47.6 Å². The SMILES string of the molecule is CNCc1ccccc1Oc1ncc(C)cc1Br. The Morgan fingerprint density at radius 3 is 2.83 bits per heavy atom. The van der Waals surface area contributed by atoms with Gasteiger partial charge >= 0.3 is 0 Å². The van der Waals surface area contributed by atoms with Gasteiger partial charge in [0.2, 0.25) is 5.88 Å².